The highest BCUT2D eigenvalue weighted by molar-refractivity contribution is 5.47. The third-order valence-electron chi connectivity index (χ3n) is 2.44. The molecule has 0 saturated heterocycles. The van der Waals surface area contributed by atoms with E-state index in [0.717, 1.165) is 0 Å². The molecule has 0 aromatic carbocycles. The van der Waals surface area contributed by atoms with Gasteiger partial charge in [-0.25, -0.2) is 9.67 Å². The molecule has 0 bridgehead atoms. The molecule has 0 aliphatic carbocycles. The van der Waals surface area contributed by atoms with Crippen LogP contribution in [0, 0.1) is 24.0 Å². The highest BCUT2D eigenvalue weighted by Crippen LogP contribution is 2.24. The van der Waals surface area contributed by atoms with E-state index in [1.54, 1.807) is 26.0 Å². The van der Waals surface area contributed by atoms with Crippen molar-refractivity contribution in [3.63, 3.8) is 0 Å². The van der Waals surface area contributed by atoms with E-state index < -0.39 is 4.92 Å². The van der Waals surface area contributed by atoms with Crippen molar-refractivity contribution in [2.24, 2.45) is 0 Å². The number of nitro groups is 1. The molecule has 0 spiro atoms. The Balaban J connectivity index is 2.62. The summed E-state index contributed by atoms with van der Waals surface area (Å²) in [5.74, 6) is 0.345. The number of rotatable bonds is 2. The fraction of sp³-hybridized carbons (Fsp3) is 0.200. The number of nitrogens with zero attached hydrogens (tertiary/aromatic N) is 4. The first-order valence-corrected chi connectivity index (χ1v) is 4.93. The van der Waals surface area contributed by atoms with Crippen molar-refractivity contribution in [2.75, 3.05) is 5.73 Å². The molecule has 0 atom stereocenters. The van der Waals surface area contributed by atoms with Gasteiger partial charge in [0.2, 0.25) is 0 Å². The van der Waals surface area contributed by atoms with Gasteiger partial charge in [0.1, 0.15) is 17.2 Å². The Morgan fingerprint density at radius 3 is 2.71 bits per heavy atom. The topological polar surface area (TPSA) is 99.9 Å². The molecule has 2 aromatic rings. The van der Waals surface area contributed by atoms with Crippen LogP contribution in [-0.4, -0.2) is 19.7 Å². The van der Waals surface area contributed by atoms with Crippen molar-refractivity contribution < 1.29 is 4.92 Å². The molecular formula is C10H11N5O2. The quantitative estimate of drug-likeness (QED) is 0.623. The van der Waals surface area contributed by atoms with Crippen molar-refractivity contribution in [1.82, 2.24) is 14.8 Å². The summed E-state index contributed by atoms with van der Waals surface area (Å²) < 4.78 is 1.49. The number of nitrogen functional groups attached to an aromatic ring is 1. The van der Waals surface area contributed by atoms with E-state index in [1.165, 1.54) is 10.9 Å². The molecule has 0 saturated carbocycles. The highest BCUT2D eigenvalue weighted by atomic mass is 16.6. The lowest BCUT2D eigenvalue weighted by molar-refractivity contribution is -0.386. The van der Waals surface area contributed by atoms with E-state index in [-0.39, 0.29) is 5.69 Å². The van der Waals surface area contributed by atoms with Crippen LogP contribution >= 0.6 is 0 Å². The second-order valence-corrected chi connectivity index (χ2v) is 3.63. The van der Waals surface area contributed by atoms with Crippen LogP contribution < -0.4 is 5.73 Å². The second kappa shape index (κ2) is 3.85. The van der Waals surface area contributed by atoms with Gasteiger partial charge in [-0.05, 0) is 19.9 Å². The maximum Gasteiger partial charge on any atom is 0.313 e. The highest BCUT2D eigenvalue weighted by Gasteiger charge is 2.22. The third-order valence-corrected chi connectivity index (χ3v) is 2.44. The summed E-state index contributed by atoms with van der Waals surface area (Å²) >= 11 is 0. The molecule has 0 aliphatic rings. The number of aromatic nitrogens is 3. The van der Waals surface area contributed by atoms with E-state index >= 15 is 0 Å². The van der Waals surface area contributed by atoms with E-state index in [4.69, 9.17) is 5.73 Å². The Morgan fingerprint density at radius 2 is 2.18 bits per heavy atom. The summed E-state index contributed by atoms with van der Waals surface area (Å²) in [7, 11) is 0. The normalized spacial score (nSPS) is 10.5. The van der Waals surface area contributed by atoms with Crippen molar-refractivity contribution in [1.29, 1.82) is 0 Å². The fourth-order valence-corrected chi connectivity index (χ4v) is 1.72. The van der Waals surface area contributed by atoms with Crippen LogP contribution in [0.25, 0.3) is 5.69 Å². The molecule has 0 fully saturated rings. The average molecular weight is 233 g/mol. The summed E-state index contributed by atoms with van der Waals surface area (Å²) in [6.07, 6.45) is 1.53. The van der Waals surface area contributed by atoms with Crippen LogP contribution in [-0.2, 0) is 0 Å². The number of aryl methyl sites for hydroxylation is 1. The summed E-state index contributed by atoms with van der Waals surface area (Å²) in [6, 6.07) is 3.31. The molecular weight excluding hydrogens is 222 g/mol. The van der Waals surface area contributed by atoms with Crippen molar-refractivity contribution in [3.8, 4) is 5.69 Å². The molecule has 0 radical (unpaired) electrons. The lowest BCUT2D eigenvalue weighted by atomic mass is 10.3. The number of nitrogens with two attached hydrogens (primary N) is 1. The molecule has 2 aromatic heterocycles. The molecule has 7 nitrogen and oxygen atoms in total. The third kappa shape index (κ3) is 1.82. The van der Waals surface area contributed by atoms with Gasteiger partial charge in [0, 0.05) is 12.3 Å². The number of hydrogen-bond acceptors (Lipinski definition) is 5. The first kappa shape index (κ1) is 11.1. The average Bonchev–Trinajstić information content (AvgIpc) is 2.54. The lowest BCUT2D eigenvalue weighted by Crippen LogP contribution is -2.01. The Labute approximate surface area is 97.0 Å². The zero-order valence-corrected chi connectivity index (χ0v) is 9.41. The van der Waals surface area contributed by atoms with Crippen LogP contribution in [0.1, 0.15) is 11.4 Å². The van der Waals surface area contributed by atoms with E-state index in [9.17, 15) is 10.1 Å². The van der Waals surface area contributed by atoms with Gasteiger partial charge in [-0.2, -0.15) is 5.10 Å². The van der Waals surface area contributed by atoms with Crippen molar-refractivity contribution in [3.05, 3.63) is 39.8 Å². The smallest absolute Gasteiger partial charge is 0.313 e. The zero-order valence-electron chi connectivity index (χ0n) is 9.41. The van der Waals surface area contributed by atoms with E-state index in [0.29, 0.717) is 22.9 Å². The number of hydrogen-bond donors (Lipinski definition) is 1. The van der Waals surface area contributed by atoms with Gasteiger partial charge in [0.05, 0.1) is 10.6 Å². The molecule has 2 rings (SSSR count). The fourth-order valence-electron chi connectivity index (χ4n) is 1.72. The summed E-state index contributed by atoms with van der Waals surface area (Å²) in [6.45, 7) is 3.25. The minimum absolute atomic E-state index is 0.0281. The van der Waals surface area contributed by atoms with Gasteiger partial charge in [-0.15, -0.1) is 0 Å². The van der Waals surface area contributed by atoms with Gasteiger partial charge >= 0.3 is 5.69 Å². The Hall–Kier alpha value is -2.44. The van der Waals surface area contributed by atoms with Crippen molar-refractivity contribution >= 4 is 11.5 Å². The molecule has 0 amide bonds. The predicted molar refractivity (Wildman–Crippen MR) is 61.9 cm³/mol. The first-order chi connectivity index (χ1) is 8.00. The number of anilines is 1. The van der Waals surface area contributed by atoms with E-state index in [2.05, 4.69) is 10.1 Å². The van der Waals surface area contributed by atoms with Crippen LogP contribution in [0.5, 0.6) is 0 Å². The molecule has 2 heterocycles. The standard InChI is InChI=1S/C10H11N5O2/c1-6-10(15(16)17)7(2)14(13-6)8-3-4-12-9(11)5-8/h3-5H,1-2H3,(H2,11,12). The predicted octanol–water partition coefficient (Wildman–Crippen LogP) is 1.37. The maximum atomic E-state index is 10.9. The monoisotopic (exact) mass is 233 g/mol. The van der Waals surface area contributed by atoms with Crippen LogP contribution in [0.4, 0.5) is 11.5 Å². The first-order valence-electron chi connectivity index (χ1n) is 4.93. The molecule has 2 N–H and O–H groups in total. The molecule has 17 heavy (non-hydrogen) atoms. The van der Waals surface area contributed by atoms with Gasteiger partial charge in [0.25, 0.3) is 0 Å². The van der Waals surface area contributed by atoms with Gasteiger partial charge in [0.15, 0.2) is 0 Å². The summed E-state index contributed by atoms with van der Waals surface area (Å²) in [4.78, 5) is 14.3. The largest absolute Gasteiger partial charge is 0.384 e. The Bertz CT molecular complexity index is 590. The molecule has 0 aliphatic heterocycles. The van der Waals surface area contributed by atoms with Gasteiger partial charge in [-0.3, -0.25) is 10.1 Å². The molecule has 0 unspecified atom stereocenters. The Morgan fingerprint density at radius 1 is 1.47 bits per heavy atom. The number of pyridine rings is 1. The zero-order chi connectivity index (χ0) is 12.6. The maximum absolute atomic E-state index is 10.9. The van der Waals surface area contributed by atoms with Crippen LogP contribution in [0.15, 0.2) is 18.3 Å². The Kier molecular flexibility index (Phi) is 2.51. The van der Waals surface area contributed by atoms with Crippen molar-refractivity contribution in [2.45, 2.75) is 13.8 Å². The lowest BCUT2D eigenvalue weighted by Gasteiger charge is -2.03. The summed E-state index contributed by atoms with van der Waals surface area (Å²) in [5, 5.41) is 15.0. The SMILES string of the molecule is Cc1nn(-c2ccnc(N)c2)c(C)c1[N+](=O)[O-]. The van der Waals surface area contributed by atoms with Crippen LogP contribution in [0.2, 0.25) is 0 Å². The summed E-state index contributed by atoms with van der Waals surface area (Å²) in [5.41, 5.74) is 7.10. The second-order valence-electron chi connectivity index (χ2n) is 3.63. The van der Waals surface area contributed by atoms with Gasteiger partial charge in [-0.1, -0.05) is 0 Å². The van der Waals surface area contributed by atoms with E-state index in [1.807, 2.05) is 0 Å². The minimum atomic E-state index is -0.432. The van der Waals surface area contributed by atoms with Crippen LogP contribution in [0.3, 0.4) is 0 Å². The molecule has 7 heteroatoms. The molecule has 88 valence electrons. The minimum Gasteiger partial charge on any atom is -0.384 e. The van der Waals surface area contributed by atoms with Gasteiger partial charge < -0.3 is 5.73 Å².